The lowest BCUT2D eigenvalue weighted by Gasteiger charge is -2.19. The fourth-order valence-corrected chi connectivity index (χ4v) is 3.74. The Bertz CT molecular complexity index is 1340. The molecule has 1 aromatic heterocycles. The van der Waals surface area contributed by atoms with Gasteiger partial charge in [0, 0.05) is 11.1 Å². The number of aromatic nitrogens is 1. The number of carbonyl (C=O) groups excluding carboxylic acids is 1. The van der Waals surface area contributed by atoms with Crippen molar-refractivity contribution in [3.05, 3.63) is 65.7 Å². The molecule has 0 fully saturated rings. The van der Waals surface area contributed by atoms with Crippen molar-refractivity contribution < 1.29 is 23.4 Å². The number of benzene rings is 3. The number of methoxy groups -OCH3 is 1. The van der Waals surface area contributed by atoms with Crippen molar-refractivity contribution in [3.63, 3.8) is 0 Å². The van der Waals surface area contributed by atoms with Gasteiger partial charge in [-0.15, -0.1) is 0 Å². The third kappa shape index (κ3) is 4.09. The van der Waals surface area contributed by atoms with Crippen molar-refractivity contribution in [3.8, 4) is 28.7 Å². The Morgan fingerprint density at radius 1 is 1.00 bits per heavy atom. The predicted molar refractivity (Wildman–Crippen MR) is 125 cm³/mol. The molecular formula is C26H24N2O5. The van der Waals surface area contributed by atoms with E-state index in [1.165, 1.54) is 5.56 Å². The standard InChI is InChI=1S/C26H24N2O5/c1-15(2)16-4-8-22-20(12-16)28-26(33-22)18-6-7-21(30-3)19(13-18)27-25(29)17-5-9-23-24(14-17)32-11-10-31-23/h4-9,12-15H,10-11H2,1-3H3,(H,27,29). The van der Waals surface area contributed by atoms with Gasteiger partial charge in [-0.3, -0.25) is 4.79 Å². The molecule has 0 spiro atoms. The Hall–Kier alpha value is -4.00. The van der Waals surface area contributed by atoms with E-state index in [1.807, 2.05) is 18.2 Å². The molecule has 4 aromatic rings. The number of oxazole rings is 1. The highest BCUT2D eigenvalue weighted by molar-refractivity contribution is 6.05. The minimum Gasteiger partial charge on any atom is -0.495 e. The second kappa shape index (κ2) is 8.50. The van der Waals surface area contributed by atoms with Crippen molar-refractivity contribution in [1.29, 1.82) is 0 Å². The van der Waals surface area contributed by atoms with Crippen LogP contribution in [0.3, 0.4) is 0 Å². The van der Waals surface area contributed by atoms with Crippen LogP contribution in [0.5, 0.6) is 17.2 Å². The fraction of sp³-hybridized carbons (Fsp3) is 0.231. The van der Waals surface area contributed by atoms with Crippen LogP contribution in [0.1, 0.15) is 35.7 Å². The third-order valence-electron chi connectivity index (χ3n) is 5.58. The van der Waals surface area contributed by atoms with Crippen LogP contribution in [0.4, 0.5) is 5.69 Å². The van der Waals surface area contributed by atoms with Gasteiger partial charge < -0.3 is 23.9 Å². The van der Waals surface area contributed by atoms with E-state index < -0.39 is 0 Å². The molecular weight excluding hydrogens is 420 g/mol. The molecule has 2 heterocycles. The maximum Gasteiger partial charge on any atom is 0.255 e. The Kier molecular flexibility index (Phi) is 5.38. The zero-order valence-electron chi connectivity index (χ0n) is 18.7. The zero-order valence-corrected chi connectivity index (χ0v) is 18.7. The lowest BCUT2D eigenvalue weighted by atomic mass is 10.0. The predicted octanol–water partition coefficient (Wildman–Crippen LogP) is 5.65. The second-order valence-corrected chi connectivity index (χ2v) is 8.13. The molecule has 3 aromatic carbocycles. The van der Waals surface area contributed by atoms with Crippen LogP contribution in [0.15, 0.2) is 59.0 Å². The van der Waals surface area contributed by atoms with Gasteiger partial charge in [-0.25, -0.2) is 4.98 Å². The van der Waals surface area contributed by atoms with Crippen molar-refractivity contribution in [1.82, 2.24) is 4.98 Å². The summed E-state index contributed by atoms with van der Waals surface area (Å²) in [5.41, 5.74) is 4.41. The van der Waals surface area contributed by atoms with Gasteiger partial charge in [-0.1, -0.05) is 19.9 Å². The monoisotopic (exact) mass is 444 g/mol. The third-order valence-corrected chi connectivity index (χ3v) is 5.58. The number of hydrogen-bond donors (Lipinski definition) is 1. The van der Waals surface area contributed by atoms with E-state index in [4.69, 9.17) is 18.6 Å². The fourth-order valence-electron chi connectivity index (χ4n) is 3.74. The maximum atomic E-state index is 13.0. The van der Waals surface area contributed by atoms with Crippen LogP contribution in [0, 0.1) is 0 Å². The average molecular weight is 444 g/mol. The molecule has 5 rings (SSSR count). The van der Waals surface area contributed by atoms with Gasteiger partial charge in [0.15, 0.2) is 17.1 Å². The summed E-state index contributed by atoms with van der Waals surface area (Å²) in [7, 11) is 1.56. The zero-order chi connectivity index (χ0) is 22.9. The van der Waals surface area contributed by atoms with Crippen molar-refractivity contribution in [2.45, 2.75) is 19.8 Å². The summed E-state index contributed by atoms with van der Waals surface area (Å²) in [6, 6.07) is 16.6. The Morgan fingerprint density at radius 2 is 1.82 bits per heavy atom. The van der Waals surface area contributed by atoms with E-state index >= 15 is 0 Å². The van der Waals surface area contributed by atoms with Crippen LogP contribution in [0.2, 0.25) is 0 Å². The van der Waals surface area contributed by atoms with Crippen molar-refractivity contribution >= 4 is 22.7 Å². The summed E-state index contributed by atoms with van der Waals surface area (Å²) in [6.07, 6.45) is 0. The van der Waals surface area contributed by atoms with Gasteiger partial charge in [0.1, 0.15) is 24.5 Å². The molecule has 1 aliphatic heterocycles. The van der Waals surface area contributed by atoms with Crippen molar-refractivity contribution in [2.75, 3.05) is 25.6 Å². The molecule has 1 N–H and O–H groups in total. The number of fused-ring (bicyclic) bond motifs is 2. The molecule has 7 heteroatoms. The SMILES string of the molecule is COc1ccc(-c2nc3cc(C(C)C)ccc3o2)cc1NC(=O)c1ccc2c(c1)OCCO2. The summed E-state index contributed by atoms with van der Waals surface area (Å²) in [4.78, 5) is 17.6. The molecule has 0 aliphatic carbocycles. The topological polar surface area (TPSA) is 82.8 Å². The quantitative estimate of drug-likeness (QED) is 0.428. The molecule has 0 saturated carbocycles. The number of nitrogens with one attached hydrogen (secondary N) is 1. The summed E-state index contributed by atoms with van der Waals surface area (Å²) in [6.45, 7) is 5.23. The minimum absolute atomic E-state index is 0.290. The van der Waals surface area contributed by atoms with Crippen LogP contribution in [-0.4, -0.2) is 31.2 Å². The number of anilines is 1. The van der Waals surface area contributed by atoms with E-state index in [1.54, 1.807) is 37.4 Å². The van der Waals surface area contributed by atoms with E-state index in [0.29, 0.717) is 59.1 Å². The lowest BCUT2D eigenvalue weighted by Crippen LogP contribution is -2.17. The molecule has 0 atom stereocenters. The number of hydrogen-bond acceptors (Lipinski definition) is 6. The van der Waals surface area contributed by atoms with Gasteiger partial charge >= 0.3 is 0 Å². The maximum absolute atomic E-state index is 13.0. The second-order valence-electron chi connectivity index (χ2n) is 8.13. The highest BCUT2D eigenvalue weighted by atomic mass is 16.6. The van der Waals surface area contributed by atoms with Crippen LogP contribution in [0.25, 0.3) is 22.6 Å². The molecule has 0 bridgehead atoms. The van der Waals surface area contributed by atoms with Crippen molar-refractivity contribution in [2.24, 2.45) is 0 Å². The summed E-state index contributed by atoms with van der Waals surface area (Å²) < 4.78 is 22.5. The van der Waals surface area contributed by atoms with Gasteiger partial charge in [0.25, 0.3) is 5.91 Å². The molecule has 1 amide bonds. The van der Waals surface area contributed by atoms with Crippen LogP contribution >= 0.6 is 0 Å². The van der Waals surface area contributed by atoms with E-state index in [9.17, 15) is 4.79 Å². The minimum atomic E-state index is -0.290. The average Bonchev–Trinajstić information content (AvgIpc) is 3.27. The molecule has 7 nitrogen and oxygen atoms in total. The largest absolute Gasteiger partial charge is 0.495 e. The molecule has 168 valence electrons. The number of nitrogens with zero attached hydrogens (tertiary/aromatic N) is 1. The Labute approximate surface area is 191 Å². The number of ether oxygens (including phenoxy) is 3. The van der Waals surface area contributed by atoms with E-state index in [0.717, 1.165) is 11.1 Å². The first-order valence-corrected chi connectivity index (χ1v) is 10.8. The normalized spacial score (nSPS) is 12.7. The van der Waals surface area contributed by atoms with Crippen LogP contribution < -0.4 is 19.5 Å². The Morgan fingerprint density at radius 3 is 2.61 bits per heavy atom. The number of amides is 1. The van der Waals surface area contributed by atoms with Crippen LogP contribution in [-0.2, 0) is 0 Å². The highest BCUT2D eigenvalue weighted by Crippen LogP contribution is 2.34. The van der Waals surface area contributed by atoms with Gasteiger partial charge in [0.05, 0.1) is 12.8 Å². The lowest BCUT2D eigenvalue weighted by molar-refractivity contribution is 0.102. The smallest absolute Gasteiger partial charge is 0.255 e. The van der Waals surface area contributed by atoms with Gasteiger partial charge in [0.2, 0.25) is 5.89 Å². The first-order chi connectivity index (χ1) is 16.0. The van der Waals surface area contributed by atoms with Gasteiger partial charge in [-0.05, 0) is 60.0 Å². The Balaban J connectivity index is 1.45. The molecule has 33 heavy (non-hydrogen) atoms. The molecule has 0 radical (unpaired) electrons. The summed E-state index contributed by atoms with van der Waals surface area (Å²) in [5, 5.41) is 2.92. The summed E-state index contributed by atoms with van der Waals surface area (Å²) >= 11 is 0. The number of carbonyl (C=O) groups is 1. The number of rotatable bonds is 5. The highest BCUT2D eigenvalue weighted by Gasteiger charge is 2.18. The van der Waals surface area contributed by atoms with E-state index in [2.05, 4.69) is 30.2 Å². The van der Waals surface area contributed by atoms with E-state index in [-0.39, 0.29) is 5.91 Å². The first kappa shape index (κ1) is 20.9. The van der Waals surface area contributed by atoms with Gasteiger partial charge in [-0.2, -0.15) is 0 Å². The molecule has 1 aliphatic rings. The summed E-state index contributed by atoms with van der Waals surface area (Å²) in [5.74, 6) is 2.31. The first-order valence-electron chi connectivity index (χ1n) is 10.8. The molecule has 0 unspecified atom stereocenters. The molecule has 0 saturated heterocycles.